The Hall–Kier alpha value is -3.24. The van der Waals surface area contributed by atoms with Gasteiger partial charge in [0.1, 0.15) is 0 Å². The van der Waals surface area contributed by atoms with Gasteiger partial charge in [0.05, 0.1) is 22.3 Å². The Morgan fingerprint density at radius 2 is 2.11 bits per heavy atom. The molecular weight excluding hydrogens is 371 g/mol. The van der Waals surface area contributed by atoms with Gasteiger partial charge < -0.3 is 9.42 Å². The van der Waals surface area contributed by atoms with Crippen LogP contribution in [0.3, 0.4) is 0 Å². The fourth-order valence-corrected chi connectivity index (χ4v) is 3.22. The van der Waals surface area contributed by atoms with E-state index >= 15 is 0 Å². The van der Waals surface area contributed by atoms with Crippen LogP contribution >= 0.6 is 11.6 Å². The second kappa shape index (κ2) is 6.82. The van der Waals surface area contributed by atoms with E-state index in [1.54, 1.807) is 30.3 Å². The molecule has 0 spiro atoms. The highest BCUT2D eigenvalue weighted by Gasteiger charge is 2.36. The maximum atomic E-state index is 14.3. The lowest BCUT2D eigenvalue weighted by Gasteiger charge is -2.17. The van der Waals surface area contributed by atoms with Crippen LogP contribution in [0.25, 0.3) is 11.5 Å². The van der Waals surface area contributed by atoms with E-state index in [1.165, 1.54) is 17.0 Å². The zero-order chi connectivity index (χ0) is 19.0. The molecule has 8 heteroatoms. The predicted octanol–water partition coefficient (Wildman–Crippen LogP) is 3.92. The minimum atomic E-state index is -0.629. The molecule has 1 aromatic heterocycles. The average Bonchev–Trinajstić information content (AvgIpc) is 3.31. The molecule has 4 rings (SSSR count). The topological polar surface area (TPSA) is 83.0 Å². The maximum Gasteiger partial charge on any atom is 0.257 e. The van der Waals surface area contributed by atoms with Crippen molar-refractivity contribution in [1.82, 2.24) is 10.1 Å². The number of nitrogens with zero attached hydrogens (tertiary/aromatic N) is 4. The van der Waals surface area contributed by atoms with E-state index in [0.29, 0.717) is 17.0 Å². The number of aromatic nitrogens is 2. The van der Waals surface area contributed by atoms with Gasteiger partial charge in [0.15, 0.2) is 11.6 Å². The normalized spacial score (nSPS) is 16.6. The van der Waals surface area contributed by atoms with Gasteiger partial charge in [-0.2, -0.15) is 10.2 Å². The van der Waals surface area contributed by atoms with Crippen LogP contribution in [0.1, 0.15) is 23.7 Å². The maximum absolute atomic E-state index is 14.3. The number of rotatable bonds is 3. The van der Waals surface area contributed by atoms with Gasteiger partial charge in [0.25, 0.3) is 5.89 Å². The van der Waals surface area contributed by atoms with Gasteiger partial charge in [0, 0.05) is 24.4 Å². The standard InChI is InChI=1S/C19H12ClFN4O2/c20-14-5-2-6-15(17(14)21)25-10-13(8-16(25)26)18-23-19(27-24-18)12-4-1-3-11(7-12)9-22/h1-7,13H,8,10H2. The second-order valence-corrected chi connectivity index (χ2v) is 6.54. The van der Waals surface area contributed by atoms with Crippen molar-refractivity contribution in [1.29, 1.82) is 5.26 Å². The molecule has 0 bridgehead atoms. The highest BCUT2D eigenvalue weighted by molar-refractivity contribution is 6.31. The monoisotopic (exact) mass is 382 g/mol. The molecule has 1 fully saturated rings. The van der Waals surface area contributed by atoms with Gasteiger partial charge in [-0.3, -0.25) is 4.79 Å². The molecule has 27 heavy (non-hydrogen) atoms. The second-order valence-electron chi connectivity index (χ2n) is 6.13. The summed E-state index contributed by atoms with van der Waals surface area (Å²) in [5.74, 6) is -0.561. The van der Waals surface area contributed by atoms with Crippen LogP contribution < -0.4 is 4.90 Å². The van der Waals surface area contributed by atoms with Crippen LogP contribution in [0.4, 0.5) is 10.1 Å². The van der Waals surface area contributed by atoms with Crippen molar-refractivity contribution in [3.8, 4) is 17.5 Å². The molecular formula is C19H12ClFN4O2. The molecule has 134 valence electrons. The summed E-state index contributed by atoms with van der Waals surface area (Å²) in [6.45, 7) is 0.229. The molecule has 0 saturated carbocycles. The minimum absolute atomic E-state index is 0.0389. The fraction of sp³-hybridized carbons (Fsp3) is 0.158. The third kappa shape index (κ3) is 3.15. The Labute approximate surface area is 158 Å². The van der Waals surface area contributed by atoms with Gasteiger partial charge in [-0.25, -0.2) is 4.39 Å². The summed E-state index contributed by atoms with van der Waals surface area (Å²) in [5.41, 5.74) is 1.24. The van der Waals surface area contributed by atoms with E-state index in [0.717, 1.165) is 0 Å². The Morgan fingerprint density at radius 3 is 2.93 bits per heavy atom. The van der Waals surface area contributed by atoms with E-state index in [2.05, 4.69) is 16.2 Å². The number of carbonyl (C=O) groups excluding carboxylic acids is 1. The summed E-state index contributed by atoms with van der Waals surface area (Å²) in [5, 5.41) is 12.9. The van der Waals surface area contributed by atoms with Crippen molar-refractivity contribution in [2.45, 2.75) is 12.3 Å². The van der Waals surface area contributed by atoms with E-state index < -0.39 is 5.82 Å². The molecule has 0 aliphatic carbocycles. The third-order valence-corrected chi connectivity index (χ3v) is 4.68. The van der Waals surface area contributed by atoms with Gasteiger partial charge in [0.2, 0.25) is 5.91 Å². The Morgan fingerprint density at radius 1 is 1.30 bits per heavy atom. The molecule has 2 heterocycles. The molecule has 6 nitrogen and oxygen atoms in total. The summed E-state index contributed by atoms with van der Waals surface area (Å²) in [7, 11) is 0. The van der Waals surface area contributed by atoms with Gasteiger partial charge >= 0.3 is 0 Å². The smallest absolute Gasteiger partial charge is 0.257 e. The van der Waals surface area contributed by atoms with Crippen molar-refractivity contribution in [3.05, 3.63) is 64.7 Å². The zero-order valence-corrected chi connectivity index (χ0v) is 14.7. The molecule has 1 unspecified atom stereocenters. The predicted molar refractivity (Wildman–Crippen MR) is 95.6 cm³/mol. The van der Waals surface area contributed by atoms with Crippen molar-refractivity contribution in [2.24, 2.45) is 0 Å². The quantitative estimate of drug-likeness (QED) is 0.685. The SMILES string of the molecule is N#Cc1cccc(-c2nc(C3CC(=O)N(c4cccc(Cl)c4F)C3)no2)c1. The molecule has 1 amide bonds. The first kappa shape index (κ1) is 17.2. The number of amides is 1. The Balaban J connectivity index is 1.59. The summed E-state index contributed by atoms with van der Waals surface area (Å²) in [4.78, 5) is 18.1. The summed E-state index contributed by atoms with van der Waals surface area (Å²) >= 11 is 5.81. The summed E-state index contributed by atoms with van der Waals surface area (Å²) in [6, 6.07) is 13.4. The highest BCUT2D eigenvalue weighted by Crippen LogP contribution is 2.34. The first-order valence-corrected chi connectivity index (χ1v) is 8.53. The minimum Gasteiger partial charge on any atom is -0.334 e. The third-order valence-electron chi connectivity index (χ3n) is 4.39. The largest absolute Gasteiger partial charge is 0.334 e. The van der Waals surface area contributed by atoms with Gasteiger partial charge in [-0.05, 0) is 30.3 Å². The van der Waals surface area contributed by atoms with Crippen LogP contribution in [-0.4, -0.2) is 22.6 Å². The number of hydrogen-bond donors (Lipinski definition) is 0. The molecule has 0 radical (unpaired) electrons. The first-order valence-electron chi connectivity index (χ1n) is 8.15. The molecule has 3 aromatic rings. The van der Waals surface area contributed by atoms with E-state index in [9.17, 15) is 9.18 Å². The van der Waals surface area contributed by atoms with Crippen molar-refractivity contribution in [2.75, 3.05) is 11.4 Å². The number of nitriles is 1. The van der Waals surface area contributed by atoms with Crippen LogP contribution in [0.2, 0.25) is 5.02 Å². The summed E-state index contributed by atoms with van der Waals surface area (Å²) in [6.07, 6.45) is 0.142. The van der Waals surface area contributed by atoms with Crippen molar-refractivity contribution in [3.63, 3.8) is 0 Å². The lowest BCUT2D eigenvalue weighted by Crippen LogP contribution is -2.25. The van der Waals surface area contributed by atoms with E-state index in [-0.39, 0.29) is 41.4 Å². The van der Waals surface area contributed by atoms with Crippen molar-refractivity contribution >= 4 is 23.2 Å². The van der Waals surface area contributed by atoms with Crippen LogP contribution in [0.5, 0.6) is 0 Å². The molecule has 1 atom stereocenters. The highest BCUT2D eigenvalue weighted by atomic mass is 35.5. The van der Waals surface area contributed by atoms with Crippen LogP contribution in [0, 0.1) is 17.1 Å². The first-order chi connectivity index (χ1) is 13.1. The van der Waals surface area contributed by atoms with Gasteiger partial charge in [-0.15, -0.1) is 0 Å². The van der Waals surface area contributed by atoms with E-state index in [1.807, 2.05) is 0 Å². The molecule has 0 N–H and O–H groups in total. The average molecular weight is 383 g/mol. The van der Waals surface area contributed by atoms with Gasteiger partial charge in [-0.1, -0.05) is 28.9 Å². The van der Waals surface area contributed by atoms with Crippen LogP contribution in [-0.2, 0) is 4.79 Å². The fourth-order valence-electron chi connectivity index (χ4n) is 3.05. The Bertz CT molecular complexity index is 1080. The number of benzene rings is 2. The van der Waals surface area contributed by atoms with Crippen LogP contribution in [0.15, 0.2) is 47.0 Å². The molecule has 2 aromatic carbocycles. The number of hydrogen-bond acceptors (Lipinski definition) is 5. The zero-order valence-electron chi connectivity index (χ0n) is 13.9. The number of anilines is 1. The lowest BCUT2D eigenvalue weighted by atomic mass is 10.1. The van der Waals surface area contributed by atoms with Crippen molar-refractivity contribution < 1.29 is 13.7 Å². The van der Waals surface area contributed by atoms with E-state index in [4.69, 9.17) is 21.4 Å². The number of carbonyl (C=O) groups is 1. The Kier molecular flexibility index (Phi) is 4.34. The summed E-state index contributed by atoms with van der Waals surface area (Å²) < 4.78 is 19.5. The number of halogens is 2. The molecule has 1 aliphatic rings. The molecule has 1 aliphatic heterocycles. The molecule has 1 saturated heterocycles. The lowest BCUT2D eigenvalue weighted by molar-refractivity contribution is -0.117.